The van der Waals surface area contributed by atoms with Gasteiger partial charge in [-0.15, -0.1) is 0 Å². The number of aromatic nitrogens is 1. The van der Waals surface area contributed by atoms with E-state index in [1.807, 2.05) is 0 Å². The molecule has 1 aromatic heterocycles. The van der Waals surface area contributed by atoms with Gasteiger partial charge in [-0.25, -0.2) is 12.8 Å². The predicted molar refractivity (Wildman–Crippen MR) is 76.6 cm³/mol. The van der Waals surface area contributed by atoms with Gasteiger partial charge in [-0.05, 0) is 25.3 Å². The second kappa shape index (κ2) is 6.14. The molecule has 3 heterocycles. The van der Waals surface area contributed by atoms with E-state index in [9.17, 15) is 22.7 Å². The van der Waals surface area contributed by atoms with Gasteiger partial charge in [-0.1, -0.05) is 0 Å². The number of rotatable bonds is 4. The lowest BCUT2D eigenvalue weighted by Crippen LogP contribution is -2.45. The highest BCUT2D eigenvalue weighted by atomic mass is 32.2. The van der Waals surface area contributed by atoms with Crippen LogP contribution in [0.1, 0.15) is 19.3 Å². The van der Waals surface area contributed by atoms with E-state index in [-0.39, 0.29) is 17.5 Å². The topological polar surface area (TPSA) is 96.8 Å². The molecule has 2 saturated heterocycles. The second-order valence-electron chi connectivity index (χ2n) is 5.74. The van der Waals surface area contributed by atoms with Gasteiger partial charge >= 0.3 is 5.97 Å². The summed E-state index contributed by atoms with van der Waals surface area (Å²) in [5.74, 6) is -2.39. The van der Waals surface area contributed by atoms with Crippen LogP contribution in [-0.2, 0) is 19.6 Å². The van der Waals surface area contributed by atoms with Crippen molar-refractivity contribution < 1.29 is 27.4 Å². The molecule has 9 heteroatoms. The Morgan fingerprint density at radius 2 is 2.17 bits per heavy atom. The molecule has 2 fully saturated rings. The first-order valence-corrected chi connectivity index (χ1v) is 8.82. The SMILES string of the molecule is O=C(O)C1C(C2CCCO2)CCN1S(=O)(=O)c1cncc(F)c1. The lowest BCUT2D eigenvalue weighted by atomic mass is 9.92. The first-order valence-electron chi connectivity index (χ1n) is 7.38. The van der Waals surface area contributed by atoms with Gasteiger partial charge in [0.05, 0.1) is 12.3 Å². The summed E-state index contributed by atoms with van der Waals surface area (Å²) in [6.45, 7) is 0.633. The molecule has 2 aliphatic rings. The summed E-state index contributed by atoms with van der Waals surface area (Å²) in [4.78, 5) is 14.9. The number of carbonyl (C=O) groups is 1. The van der Waals surface area contributed by atoms with Crippen LogP contribution in [0.25, 0.3) is 0 Å². The maximum absolute atomic E-state index is 13.3. The number of hydrogen-bond acceptors (Lipinski definition) is 5. The average Bonchev–Trinajstić information content (AvgIpc) is 3.16. The first-order chi connectivity index (χ1) is 10.9. The number of hydrogen-bond donors (Lipinski definition) is 1. The minimum atomic E-state index is -4.12. The third-order valence-corrected chi connectivity index (χ3v) is 6.23. The zero-order chi connectivity index (χ0) is 16.6. The number of pyridine rings is 1. The Bertz CT molecular complexity index is 705. The van der Waals surface area contributed by atoms with Crippen LogP contribution in [0.15, 0.2) is 23.4 Å². The molecule has 0 radical (unpaired) electrons. The van der Waals surface area contributed by atoms with E-state index in [2.05, 4.69) is 4.98 Å². The lowest BCUT2D eigenvalue weighted by Gasteiger charge is -2.26. The van der Waals surface area contributed by atoms with Gasteiger partial charge in [0, 0.05) is 25.3 Å². The van der Waals surface area contributed by atoms with E-state index < -0.39 is 33.8 Å². The van der Waals surface area contributed by atoms with Crippen LogP contribution in [0, 0.1) is 11.7 Å². The molecule has 3 atom stereocenters. The number of ether oxygens (including phenoxy) is 1. The molecule has 0 aliphatic carbocycles. The Hall–Kier alpha value is -1.58. The summed E-state index contributed by atoms with van der Waals surface area (Å²) in [6.07, 6.45) is 3.65. The van der Waals surface area contributed by atoms with Gasteiger partial charge < -0.3 is 9.84 Å². The summed E-state index contributed by atoms with van der Waals surface area (Å²) in [5.41, 5.74) is 0. The Balaban J connectivity index is 1.93. The van der Waals surface area contributed by atoms with Crippen molar-refractivity contribution in [1.82, 2.24) is 9.29 Å². The predicted octanol–water partition coefficient (Wildman–Crippen LogP) is 0.863. The number of nitrogens with zero attached hydrogens (tertiary/aromatic N) is 2. The van der Waals surface area contributed by atoms with Crippen molar-refractivity contribution in [3.05, 3.63) is 24.3 Å². The van der Waals surface area contributed by atoms with Crippen molar-refractivity contribution in [2.75, 3.05) is 13.2 Å². The average molecular weight is 344 g/mol. The van der Waals surface area contributed by atoms with Crippen molar-refractivity contribution in [2.45, 2.75) is 36.3 Å². The Kier molecular flexibility index (Phi) is 4.35. The number of halogens is 1. The van der Waals surface area contributed by atoms with Crippen molar-refractivity contribution >= 4 is 16.0 Å². The zero-order valence-electron chi connectivity index (χ0n) is 12.3. The fraction of sp³-hybridized carbons (Fsp3) is 0.571. The van der Waals surface area contributed by atoms with E-state index in [4.69, 9.17) is 4.74 Å². The van der Waals surface area contributed by atoms with Crippen LogP contribution in [0.3, 0.4) is 0 Å². The third-order valence-electron chi connectivity index (χ3n) is 4.38. The van der Waals surface area contributed by atoms with E-state index >= 15 is 0 Å². The van der Waals surface area contributed by atoms with Crippen molar-refractivity contribution in [2.24, 2.45) is 5.92 Å². The van der Waals surface area contributed by atoms with Crippen LogP contribution in [-0.4, -0.2) is 54.1 Å². The molecule has 1 N–H and O–H groups in total. The van der Waals surface area contributed by atoms with Crippen molar-refractivity contribution in [1.29, 1.82) is 0 Å². The second-order valence-corrected chi connectivity index (χ2v) is 7.63. The summed E-state index contributed by atoms with van der Waals surface area (Å²) in [5, 5.41) is 9.53. The van der Waals surface area contributed by atoms with E-state index in [1.165, 1.54) is 0 Å². The number of carboxylic acid groups (broad SMARTS) is 1. The maximum atomic E-state index is 13.3. The quantitative estimate of drug-likeness (QED) is 0.870. The Morgan fingerprint density at radius 3 is 2.78 bits per heavy atom. The van der Waals surface area contributed by atoms with Gasteiger partial charge in [-0.2, -0.15) is 4.31 Å². The van der Waals surface area contributed by atoms with Crippen LogP contribution in [0.4, 0.5) is 4.39 Å². The molecule has 3 unspecified atom stereocenters. The monoisotopic (exact) mass is 344 g/mol. The highest BCUT2D eigenvalue weighted by molar-refractivity contribution is 7.89. The highest BCUT2D eigenvalue weighted by Crippen LogP contribution is 2.36. The molecule has 3 rings (SSSR count). The molecule has 0 saturated carbocycles. The van der Waals surface area contributed by atoms with E-state index in [1.54, 1.807) is 0 Å². The Morgan fingerprint density at radius 1 is 1.39 bits per heavy atom. The molecule has 0 bridgehead atoms. The summed E-state index contributed by atoms with van der Waals surface area (Å²) < 4.78 is 45.1. The molecule has 1 aromatic rings. The first kappa shape index (κ1) is 16.3. The minimum Gasteiger partial charge on any atom is -0.480 e. The van der Waals surface area contributed by atoms with Crippen LogP contribution >= 0.6 is 0 Å². The number of aliphatic carboxylic acids is 1. The normalized spacial score (nSPS) is 29.0. The molecular formula is C14H17FN2O5S. The standard InChI is InChI=1S/C14H17FN2O5S/c15-9-6-10(8-16-7-9)23(20,21)17-4-3-11(13(17)14(18)19)12-2-1-5-22-12/h6-8,11-13H,1-5H2,(H,18,19). The molecule has 7 nitrogen and oxygen atoms in total. The molecule has 23 heavy (non-hydrogen) atoms. The maximum Gasteiger partial charge on any atom is 0.322 e. The lowest BCUT2D eigenvalue weighted by molar-refractivity contribution is -0.143. The Labute approximate surface area is 133 Å². The third kappa shape index (κ3) is 2.96. The van der Waals surface area contributed by atoms with Gasteiger partial charge in [0.1, 0.15) is 16.8 Å². The van der Waals surface area contributed by atoms with Gasteiger partial charge in [0.2, 0.25) is 10.0 Å². The summed E-state index contributed by atoms with van der Waals surface area (Å²) in [6, 6.07) is -0.355. The molecule has 0 amide bonds. The largest absolute Gasteiger partial charge is 0.480 e. The zero-order valence-corrected chi connectivity index (χ0v) is 13.1. The van der Waals surface area contributed by atoms with Crippen LogP contribution in [0.5, 0.6) is 0 Å². The smallest absolute Gasteiger partial charge is 0.322 e. The minimum absolute atomic E-state index is 0.0698. The van der Waals surface area contributed by atoms with Crippen LogP contribution in [0.2, 0.25) is 0 Å². The fourth-order valence-electron chi connectivity index (χ4n) is 3.36. The van der Waals surface area contributed by atoms with Crippen molar-refractivity contribution in [3.63, 3.8) is 0 Å². The van der Waals surface area contributed by atoms with Gasteiger partial charge in [-0.3, -0.25) is 9.78 Å². The van der Waals surface area contributed by atoms with Crippen molar-refractivity contribution in [3.8, 4) is 0 Å². The summed E-state index contributed by atoms with van der Waals surface area (Å²) >= 11 is 0. The van der Waals surface area contributed by atoms with Gasteiger partial charge in [0.25, 0.3) is 0 Å². The van der Waals surface area contributed by atoms with E-state index in [0.717, 1.165) is 35.6 Å². The summed E-state index contributed by atoms with van der Waals surface area (Å²) in [7, 11) is -4.12. The molecule has 0 aromatic carbocycles. The number of sulfonamides is 1. The molecule has 2 aliphatic heterocycles. The molecule has 126 valence electrons. The molecular weight excluding hydrogens is 327 g/mol. The van der Waals surface area contributed by atoms with Gasteiger partial charge in [0.15, 0.2) is 0 Å². The van der Waals surface area contributed by atoms with E-state index in [0.29, 0.717) is 13.0 Å². The molecule has 0 spiro atoms. The fourth-order valence-corrected chi connectivity index (χ4v) is 4.98. The van der Waals surface area contributed by atoms with Crippen LogP contribution < -0.4 is 0 Å². The highest BCUT2D eigenvalue weighted by Gasteiger charge is 2.49. The number of carboxylic acids is 1.